The van der Waals surface area contributed by atoms with E-state index in [0.29, 0.717) is 0 Å². The molecular formula is C14H17O7P. The van der Waals surface area contributed by atoms with Crippen molar-refractivity contribution in [2.75, 3.05) is 13.2 Å². The first-order valence-electron chi connectivity index (χ1n) is 6.74. The van der Waals surface area contributed by atoms with Crippen molar-refractivity contribution in [1.29, 1.82) is 0 Å². The van der Waals surface area contributed by atoms with E-state index in [1.807, 2.05) is 0 Å². The number of phenolic OH excluding ortho intramolecular Hbond substituents is 1. The summed E-state index contributed by atoms with van der Waals surface area (Å²) in [6, 6.07) is 3.96. The van der Waals surface area contributed by atoms with Crippen LogP contribution in [0, 0.1) is 0 Å². The summed E-state index contributed by atoms with van der Waals surface area (Å²) in [7, 11) is -3.90. The molecule has 0 fully saturated rings. The van der Waals surface area contributed by atoms with Crippen molar-refractivity contribution < 1.29 is 28.2 Å². The standard InChI is InChI=1S/C14H17O7P/c1-3-20-22(18,21-4-2)14(17)11-8-19-12-7-9(15)5-6-10(12)13(11)16/h5-8,14-15,17H,3-4H2,1-2H3. The average Bonchev–Trinajstić information content (AvgIpc) is 2.47. The van der Waals surface area contributed by atoms with Gasteiger partial charge in [0, 0.05) is 6.07 Å². The van der Waals surface area contributed by atoms with Crippen molar-refractivity contribution >= 4 is 18.6 Å². The monoisotopic (exact) mass is 328 g/mol. The summed E-state index contributed by atoms with van der Waals surface area (Å²) >= 11 is 0. The molecule has 0 aliphatic rings. The molecule has 1 atom stereocenters. The topological polar surface area (TPSA) is 106 Å². The lowest BCUT2D eigenvalue weighted by Gasteiger charge is -2.21. The van der Waals surface area contributed by atoms with E-state index >= 15 is 0 Å². The van der Waals surface area contributed by atoms with Gasteiger partial charge in [-0.05, 0) is 26.0 Å². The predicted molar refractivity (Wildman–Crippen MR) is 80.0 cm³/mol. The first-order valence-corrected chi connectivity index (χ1v) is 8.35. The summed E-state index contributed by atoms with van der Waals surface area (Å²) in [6.07, 6.45) is 0.999. The van der Waals surface area contributed by atoms with Crippen LogP contribution in [0.1, 0.15) is 25.3 Å². The summed E-state index contributed by atoms with van der Waals surface area (Å²) in [5.74, 6) is -1.81. The third kappa shape index (κ3) is 3.08. The summed E-state index contributed by atoms with van der Waals surface area (Å²) < 4.78 is 27.8. The molecule has 0 radical (unpaired) electrons. The van der Waals surface area contributed by atoms with Gasteiger partial charge in [-0.1, -0.05) is 0 Å². The highest BCUT2D eigenvalue weighted by Gasteiger charge is 2.37. The molecule has 0 saturated heterocycles. The summed E-state index contributed by atoms with van der Waals surface area (Å²) in [5, 5.41) is 19.8. The van der Waals surface area contributed by atoms with Crippen LogP contribution >= 0.6 is 7.60 Å². The molecule has 0 spiro atoms. The van der Waals surface area contributed by atoms with Gasteiger partial charge < -0.3 is 23.7 Å². The Morgan fingerprint density at radius 2 is 1.91 bits per heavy atom. The zero-order valence-electron chi connectivity index (χ0n) is 12.2. The Hall–Kier alpha value is -1.66. The Kier molecular flexibility index (Phi) is 5.03. The third-order valence-electron chi connectivity index (χ3n) is 2.98. The lowest BCUT2D eigenvalue weighted by Crippen LogP contribution is -2.15. The van der Waals surface area contributed by atoms with Crippen LogP contribution in [0.4, 0.5) is 0 Å². The Morgan fingerprint density at radius 3 is 2.50 bits per heavy atom. The molecule has 1 aromatic carbocycles. The van der Waals surface area contributed by atoms with Crippen molar-refractivity contribution in [3.63, 3.8) is 0 Å². The number of rotatable bonds is 6. The highest BCUT2D eigenvalue weighted by atomic mass is 31.2. The summed E-state index contributed by atoms with van der Waals surface area (Å²) in [6.45, 7) is 3.32. The molecule has 1 unspecified atom stereocenters. The number of aliphatic hydroxyl groups excluding tert-OH is 1. The van der Waals surface area contributed by atoms with Crippen LogP contribution in [0.15, 0.2) is 33.7 Å². The lowest BCUT2D eigenvalue weighted by molar-refractivity contribution is 0.148. The fraction of sp³-hybridized carbons (Fsp3) is 0.357. The second-order valence-corrected chi connectivity index (χ2v) is 6.53. The van der Waals surface area contributed by atoms with Gasteiger partial charge in [-0.15, -0.1) is 0 Å². The summed E-state index contributed by atoms with van der Waals surface area (Å²) in [5.41, 5.74) is -0.625. The third-order valence-corrected chi connectivity index (χ3v) is 5.09. The van der Waals surface area contributed by atoms with Crippen LogP contribution in [-0.2, 0) is 13.6 Å². The fourth-order valence-electron chi connectivity index (χ4n) is 2.02. The second kappa shape index (κ2) is 6.62. The predicted octanol–water partition coefficient (Wildman–Crippen LogP) is 2.76. The highest BCUT2D eigenvalue weighted by Crippen LogP contribution is 2.59. The van der Waals surface area contributed by atoms with Gasteiger partial charge in [-0.2, -0.15) is 0 Å². The zero-order valence-corrected chi connectivity index (χ0v) is 13.1. The van der Waals surface area contributed by atoms with Gasteiger partial charge in [0.2, 0.25) is 0 Å². The number of aliphatic hydroxyl groups is 1. The molecule has 2 rings (SSSR count). The molecule has 2 N–H and O–H groups in total. The molecule has 1 heterocycles. The fourth-order valence-corrected chi connectivity index (χ4v) is 3.61. The number of benzene rings is 1. The largest absolute Gasteiger partial charge is 0.508 e. The Balaban J connectivity index is 2.54. The average molecular weight is 328 g/mol. The summed E-state index contributed by atoms with van der Waals surface area (Å²) in [4.78, 5) is 12.4. The Labute approximate surface area is 126 Å². The maximum atomic E-state index is 12.5. The molecule has 8 heteroatoms. The molecule has 0 bridgehead atoms. The maximum absolute atomic E-state index is 12.5. The van der Waals surface area contributed by atoms with Crippen molar-refractivity contribution in [2.24, 2.45) is 0 Å². The van der Waals surface area contributed by atoms with E-state index in [1.165, 1.54) is 18.2 Å². The highest BCUT2D eigenvalue weighted by molar-refractivity contribution is 7.54. The number of aromatic hydroxyl groups is 1. The van der Waals surface area contributed by atoms with Crippen LogP contribution in [0.2, 0.25) is 0 Å². The number of phenols is 1. The molecular weight excluding hydrogens is 311 g/mol. The van der Waals surface area contributed by atoms with Gasteiger partial charge >= 0.3 is 7.60 Å². The Bertz CT molecular complexity index is 757. The van der Waals surface area contributed by atoms with E-state index < -0.39 is 18.9 Å². The molecule has 0 saturated carbocycles. The molecule has 7 nitrogen and oxygen atoms in total. The van der Waals surface area contributed by atoms with Crippen LogP contribution in [0.25, 0.3) is 11.0 Å². The van der Waals surface area contributed by atoms with E-state index in [9.17, 15) is 19.6 Å². The second-order valence-electron chi connectivity index (χ2n) is 4.45. The van der Waals surface area contributed by atoms with Crippen molar-refractivity contribution in [1.82, 2.24) is 0 Å². The SMILES string of the molecule is CCOP(=O)(OCC)C(O)c1coc2cc(O)ccc2c1=O. The van der Waals surface area contributed by atoms with Gasteiger partial charge in [0.25, 0.3) is 0 Å². The molecule has 2 aromatic rings. The van der Waals surface area contributed by atoms with Crippen LogP contribution in [0.5, 0.6) is 5.75 Å². The van der Waals surface area contributed by atoms with E-state index in [1.54, 1.807) is 13.8 Å². The van der Waals surface area contributed by atoms with E-state index in [4.69, 9.17) is 13.5 Å². The normalized spacial score (nSPS) is 13.4. The number of fused-ring (bicyclic) bond motifs is 1. The molecule has 0 aliphatic heterocycles. The minimum Gasteiger partial charge on any atom is -0.508 e. The van der Waals surface area contributed by atoms with Crippen LogP contribution in [0.3, 0.4) is 0 Å². The van der Waals surface area contributed by atoms with Gasteiger partial charge in [0.15, 0.2) is 11.3 Å². The Morgan fingerprint density at radius 1 is 1.27 bits per heavy atom. The lowest BCUT2D eigenvalue weighted by atomic mass is 10.2. The van der Waals surface area contributed by atoms with Crippen molar-refractivity contribution in [2.45, 2.75) is 19.7 Å². The molecule has 120 valence electrons. The van der Waals surface area contributed by atoms with Gasteiger partial charge in [0.05, 0.1) is 24.2 Å². The van der Waals surface area contributed by atoms with Crippen molar-refractivity contribution in [3.8, 4) is 5.75 Å². The van der Waals surface area contributed by atoms with Crippen LogP contribution in [-0.4, -0.2) is 23.4 Å². The maximum Gasteiger partial charge on any atom is 0.363 e. The number of hydrogen-bond donors (Lipinski definition) is 2. The van der Waals surface area contributed by atoms with Crippen LogP contribution < -0.4 is 5.43 Å². The molecule has 0 amide bonds. The van der Waals surface area contributed by atoms with E-state index in [-0.39, 0.29) is 35.5 Å². The minimum atomic E-state index is -3.90. The van der Waals surface area contributed by atoms with E-state index in [0.717, 1.165) is 6.26 Å². The van der Waals surface area contributed by atoms with Gasteiger partial charge in [-0.25, -0.2) is 0 Å². The van der Waals surface area contributed by atoms with Gasteiger partial charge in [0.1, 0.15) is 17.6 Å². The number of hydrogen-bond acceptors (Lipinski definition) is 7. The van der Waals surface area contributed by atoms with Crippen molar-refractivity contribution in [3.05, 3.63) is 40.2 Å². The molecule has 22 heavy (non-hydrogen) atoms. The zero-order chi connectivity index (χ0) is 16.3. The minimum absolute atomic E-state index is 0.0567. The van der Waals surface area contributed by atoms with Gasteiger partial charge in [-0.3, -0.25) is 9.36 Å². The molecule has 0 aliphatic carbocycles. The quantitative estimate of drug-likeness (QED) is 0.785. The molecule has 1 aromatic heterocycles. The van der Waals surface area contributed by atoms with E-state index in [2.05, 4.69) is 0 Å². The first-order chi connectivity index (χ1) is 10.4. The smallest absolute Gasteiger partial charge is 0.363 e. The first kappa shape index (κ1) is 16.7.